The summed E-state index contributed by atoms with van der Waals surface area (Å²) in [6.07, 6.45) is 3.04. The van der Waals surface area contributed by atoms with Crippen molar-refractivity contribution in [2.24, 2.45) is 5.16 Å². The molecule has 0 aliphatic rings. The lowest BCUT2D eigenvalue weighted by Crippen LogP contribution is -2.09. The number of rotatable bonds is 7. The lowest BCUT2D eigenvalue weighted by atomic mass is 10.0. The van der Waals surface area contributed by atoms with E-state index in [1.54, 1.807) is 24.5 Å². The number of aromatic nitrogens is 1. The average Bonchev–Trinajstić information content (AvgIpc) is 2.69. The van der Waals surface area contributed by atoms with E-state index < -0.39 is 6.10 Å². The van der Waals surface area contributed by atoms with Crippen LogP contribution in [0.25, 0.3) is 0 Å². The standard InChI is InChI=1S/C21H20N2O2/c24-21(19-11-13-22-14-12-19)15-20(18-9-5-2-6-10-18)23-25-16-17-7-3-1-4-8-17/h1-14,21,24H,15-16H2/b23-20+/t21-/m1/s1. The maximum absolute atomic E-state index is 10.5. The molecule has 0 bridgehead atoms. The van der Waals surface area contributed by atoms with E-state index in [9.17, 15) is 5.11 Å². The molecule has 0 aliphatic carbocycles. The molecule has 1 heterocycles. The molecule has 3 rings (SSSR count). The number of hydrogen-bond acceptors (Lipinski definition) is 4. The average molecular weight is 332 g/mol. The van der Waals surface area contributed by atoms with Gasteiger partial charge in [-0.3, -0.25) is 4.98 Å². The zero-order valence-electron chi connectivity index (χ0n) is 13.8. The highest BCUT2D eigenvalue weighted by Crippen LogP contribution is 2.19. The third-order valence-electron chi connectivity index (χ3n) is 3.83. The quantitative estimate of drug-likeness (QED) is 0.523. The van der Waals surface area contributed by atoms with E-state index in [-0.39, 0.29) is 0 Å². The van der Waals surface area contributed by atoms with Gasteiger partial charge in [-0.25, -0.2) is 0 Å². The Labute approximate surface area is 147 Å². The van der Waals surface area contributed by atoms with Crippen LogP contribution in [0, 0.1) is 0 Å². The lowest BCUT2D eigenvalue weighted by molar-refractivity contribution is 0.127. The molecule has 0 spiro atoms. The van der Waals surface area contributed by atoms with Crippen LogP contribution in [-0.4, -0.2) is 15.8 Å². The van der Waals surface area contributed by atoms with Crippen molar-refractivity contribution in [1.82, 2.24) is 4.98 Å². The minimum atomic E-state index is -0.665. The fourth-order valence-electron chi connectivity index (χ4n) is 2.48. The SMILES string of the molecule is O[C@H](C/C(=N\OCc1ccccc1)c1ccccc1)c1ccncc1. The third-order valence-corrected chi connectivity index (χ3v) is 3.83. The van der Waals surface area contributed by atoms with E-state index in [0.29, 0.717) is 18.7 Å². The molecule has 126 valence electrons. The van der Waals surface area contributed by atoms with Crippen LogP contribution in [0.3, 0.4) is 0 Å². The molecule has 0 unspecified atom stereocenters. The van der Waals surface area contributed by atoms with Crippen LogP contribution in [0.1, 0.15) is 29.2 Å². The van der Waals surface area contributed by atoms with E-state index >= 15 is 0 Å². The van der Waals surface area contributed by atoms with Gasteiger partial charge in [0.25, 0.3) is 0 Å². The van der Waals surface area contributed by atoms with E-state index in [4.69, 9.17) is 4.84 Å². The summed E-state index contributed by atoms with van der Waals surface area (Å²) in [5.41, 5.74) is 3.50. The van der Waals surface area contributed by atoms with Crippen molar-refractivity contribution in [3.05, 3.63) is 102 Å². The van der Waals surface area contributed by atoms with Crippen molar-refractivity contribution < 1.29 is 9.94 Å². The van der Waals surface area contributed by atoms with Gasteiger partial charge in [-0.1, -0.05) is 65.8 Å². The molecule has 0 amide bonds. The van der Waals surface area contributed by atoms with Gasteiger partial charge in [-0.05, 0) is 28.8 Å². The molecule has 2 aromatic carbocycles. The Bertz CT molecular complexity index is 790. The smallest absolute Gasteiger partial charge is 0.142 e. The van der Waals surface area contributed by atoms with Crippen molar-refractivity contribution in [3.8, 4) is 0 Å². The summed E-state index contributed by atoms with van der Waals surface area (Å²) in [5, 5.41) is 14.8. The zero-order chi connectivity index (χ0) is 17.3. The molecule has 0 radical (unpaired) electrons. The van der Waals surface area contributed by atoms with Crippen LogP contribution >= 0.6 is 0 Å². The number of benzene rings is 2. The number of nitrogens with zero attached hydrogens (tertiary/aromatic N) is 2. The van der Waals surface area contributed by atoms with E-state index in [1.165, 1.54) is 0 Å². The van der Waals surface area contributed by atoms with Crippen molar-refractivity contribution in [2.45, 2.75) is 19.1 Å². The van der Waals surface area contributed by atoms with Crippen LogP contribution < -0.4 is 0 Å². The molecular formula is C21H20N2O2. The van der Waals surface area contributed by atoms with Gasteiger partial charge < -0.3 is 9.94 Å². The van der Waals surface area contributed by atoms with Crippen molar-refractivity contribution >= 4 is 5.71 Å². The van der Waals surface area contributed by atoms with Gasteiger partial charge in [-0.2, -0.15) is 0 Å². The highest BCUT2D eigenvalue weighted by Gasteiger charge is 2.14. The van der Waals surface area contributed by atoms with Crippen LogP contribution in [0.4, 0.5) is 0 Å². The van der Waals surface area contributed by atoms with Crippen molar-refractivity contribution in [1.29, 1.82) is 0 Å². The number of pyridine rings is 1. The summed E-state index contributed by atoms with van der Waals surface area (Å²) in [7, 11) is 0. The molecule has 0 saturated carbocycles. The molecule has 0 saturated heterocycles. The van der Waals surface area contributed by atoms with Crippen molar-refractivity contribution in [3.63, 3.8) is 0 Å². The monoisotopic (exact) mass is 332 g/mol. The van der Waals surface area contributed by atoms with Gasteiger partial charge in [0.15, 0.2) is 0 Å². The Kier molecular flexibility index (Phi) is 5.91. The summed E-state index contributed by atoms with van der Waals surface area (Å²) in [4.78, 5) is 9.52. The molecule has 4 nitrogen and oxygen atoms in total. The normalized spacial score (nSPS) is 12.6. The van der Waals surface area contributed by atoms with E-state index in [0.717, 1.165) is 16.7 Å². The van der Waals surface area contributed by atoms with Crippen molar-refractivity contribution in [2.75, 3.05) is 0 Å². The van der Waals surface area contributed by atoms with Gasteiger partial charge in [-0.15, -0.1) is 0 Å². The van der Waals surface area contributed by atoms with Crippen LogP contribution in [0.15, 0.2) is 90.3 Å². The Hall–Kier alpha value is -2.98. The first kappa shape index (κ1) is 16.9. The Morgan fingerprint density at radius 3 is 2.24 bits per heavy atom. The predicted octanol–water partition coefficient (Wildman–Crippen LogP) is 4.13. The minimum Gasteiger partial charge on any atom is -0.391 e. The fraction of sp³-hybridized carbons (Fsp3) is 0.143. The topological polar surface area (TPSA) is 54.7 Å². The molecule has 25 heavy (non-hydrogen) atoms. The summed E-state index contributed by atoms with van der Waals surface area (Å²) in [6.45, 7) is 0.391. The van der Waals surface area contributed by atoms with E-state index in [1.807, 2.05) is 60.7 Å². The first-order valence-corrected chi connectivity index (χ1v) is 8.19. The summed E-state index contributed by atoms with van der Waals surface area (Å²) >= 11 is 0. The lowest BCUT2D eigenvalue weighted by Gasteiger charge is -2.13. The number of aliphatic hydroxyl groups excluding tert-OH is 1. The third kappa shape index (κ3) is 4.99. The highest BCUT2D eigenvalue weighted by atomic mass is 16.6. The van der Waals surface area contributed by atoms with Gasteiger partial charge in [0.05, 0.1) is 11.8 Å². The van der Waals surface area contributed by atoms with Gasteiger partial charge in [0.2, 0.25) is 0 Å². The Morgan fingerprint density at radius 1 is 0.920 bits per heavy atom. The molecule has 1 atom stereocenters. The second-order valence-corrected chi connectivity index (χ2v) is 5.66. The Balaban J connectivity index is 1.74. The molecule has 4 heteroatoms. The highest BCUT2D eigenvalue weighted by molar-refractivity contribution is 6.00. The summed E-state index contributed by atoms with van der Waals surface area (Å²) in [6, 6.07) is 23.2. The summed E-state index contributed by atoms with van der Waals surface area (Å²) in [5.74, 6) is 0. The van der Waals surface area contributed by atoms with Gasteiger partial charge >= 0.3 is 0 Å². The first-order chi connectivity index (χ1) is 12.3. The number of oxime groups is 1. The zero-order valence-corrected chi connectivity index (χ0v) is 13.8. The summed E-state index contributed by atoms with van der Waals surface area (Å²) < 4.78 is 0. The Morgan fingerprint density at radius 2 is 1.56 bits per heavy atom. The van der Waals surface area contributed by atoms with Crippen LogP contribution in [0.5, 0.6) is 0 Å². The predicted molar refractivity (Wildman–Crippen MR) is 98.0 cm³/mol. The largest absolute Gasteiger partial charge is 0.391 e. The fourth-order valence-corrected chi connectivity index (χ4v) is 2.48. The van der Waals surface area contributed by atoms with Crippen LogP contribution in [0.2, 0.25) is 0 Å². The second-order valence-electron chi connectivity index (χ2n) is 5.66. The molecule has 3 aromatic rings. The molecular weight excluding hydrogens is 312 g/mol. The molecule has 0 fully saturated rings. The first-order valence-electron chi connectivity index (χ1n) is 8.19. The van der Waals surface area contributed by atoms with Gasteiger partial charge in [0, 0.05) is 18.8 Å². The van der Waals surface area contributed by atoms with Crippen LogP contribution in [-0.2, 0) is 11.4 Å². The van der Waals surface area contributed by atoms with E-state index in [2.05, 4.69) is 10.1 Å². The maximum atomic E-state index is 10.5. The molecule has 1 N–H and O–H groups in total. The maximum Gasteiger partial charge on any atom is 0.142 e. The minimum absolute atomic E-state index is 0.364. The van der Waals surface area contributed by atoms with Gasteiger partial charge in [0.1, 0.15) is 6.61 Å². The molecule has 1 aromatic heterocycles. The molecule has 0 aliphatic heterocycles. The number of aliphatic hydroxyl groups is 1. The second kappa shape index (κ2) is 8.76. The number of hydrogen-bond donors (Lipinski definition) is 1.